The van der Waals surface area contributed by atoms with Gasteiger partial charge in [-0.25, -0.2) is 4.98 Å². The molecule has 0 saturated carbocycles. The van der Waals surface area contributed by atoms with E-state index in [1.54, 1.807) is 24.3 Å². The van der Waals surface area contributed by atoms with Gasteiger partial charge in [0.25, 0.3) is 5.56 Å². The van der Waals surface area contributed by atoms with Crippen LogP contribution in [0.3, 0.4) is 0 Å². The quantitative estimate of drug-likeness (QED) is 0.621. The Hall–Kier alpha value is -3.19. The molecular formula is C21H21ClN4O3. The van der Waals surface area contributed by atoms with Crippen LogP contribution < -0.4 is 16.2 Å². The summed E-state index contributed by atoms with van der Waals surface area (Å²) in [5.41, 5.74) is 1.83. The Balaban J connectivity index is 1.84. The van der Waals surface area contributed by atoms with Crippen molar-refractivity contribution < 1.29 is 9.59 Å². The van der Waals surface area contributed by atoms with Crippen molar-refractivity contribution in [3.05, 3.63) is 75.2 Å². The molecule has 0 spiro atoms. The van der Waals surface area contributed by atoms with Gasteiger partial charge in [-0.15, -0.1) is 0 Å². The highest BCUT2D eigenvalue weighted by Gasteiger charge is 2.14. The molecule has 0 aliphatic heterocycles. The Bertz CT molecular complexity index is 1110. The van der Waals surface area contributed by atoms with Crippen LogP contribution in [-0.4, -0.2) is 28.4 Å². The smallest absolute Gasteiger partial charge is 0.273 e. The van der Waals surface area contributed by atoms with E-state index in [2.05, 4.69) is 15.6 Å². The van der Waals surface area contributed by atoms with Gasteiger partial charge in [-0.1, -0.05) is 41.9 Å². The second-order valence-corrected chi connectivity index (χ2v) is 6.89. The molecule has 0 radical (unpaired) electrons. The Morgan fingerprint density at radius 2 is 1.79 bits per heavy atom. The number of aryl methyl sites for hydroxylation is 1. The Morgan fingerprint density at radius 3 is 2.55 bits per heavy atom. The van der Waals surface area contributed by atoms with Crippen molar-refractivity contribution in [1.29, 1.82) is 0 Å². The average molecular weight is 413 g/mol. The molecule has 0 fully saturated rings. The normalized spacial score (nSPS) is 10.7. The monoisotopic (exact) mass is 412 g/mol. The lowest BCUT2D eigenvalue weighted by Gasteiger charge is -2.13. The Morgan fingerprint density at radius 1 is 1.07 bits per heavy atom. The number of nitrogens with zero attached hydrogens (tertiary/aromatic N) is 2. The number of para-hydroxylation sites is 2. The van der Waals surface area contributed by atoms with E-state index < -0.39 is 0 Å². The van der Waals surface area contributed by atoms with Crippen molar-refractivity contribution in [1.82, 2.24) is 20.2 Å². The first-order valence-corrected chi connectivity index (χ1v) is 9.56. The van der Waals surface area contributed by atoms with Crippen LogP contribution >= 0.6 is 11.6 Å². The van der Waals surface area contributed by atoms with Crippen molar-refractivity contribution in [2.24, 2.45) is 0 Å². The van der Waals surface area contributed by atoms with Crippen LogP contribution in [0.15, 0.2) is 53.3 Å². The van der Waals surface area contributed by atoms with Crippen molar-refractivity contribution in [2.75, 3.05) is 7.05 Å². The third kappa shape index (κ3) is 5.00. The number of amides is 2. The summed E-state index contributed by atoms with van der Waals surface area (Å²) in [6.07, 6.45) is 0.348. The topological polar surface area (TPSA) is 93.1 Å². The maximum atomic E-state index is 12.9. The van der Waals surface area contributed by atoms with Crippen LogP contribution in [0.25, 0.3) is 11.0 Å². The summed E-state index contributed by atoms with van der Waals surface area (Å²) in [4.78, 5) is 41.4. The fourth-order valence-corrected chi connectivity index (χ4v) is 3.16. The standard InChI is InChI=1S/C21H21ClN4O3/c1-23-19(27)11-10-17-21(29)26(18-9-5-4-8-16(18)25-17)13-20(28)24-12-14-6-2-3-7-15(14)22/h2-9H,10-13H2,1H3,(H,23,27)(H,24,28). The fourth-order valence-electron chi connectivity index (χ4n) is 2.96. The molecule has 1 aromatic heterocycles. The van der Waals surface area contributed by atoms with Gasteiger partial charge in [-0.05, 0) is 23.8 Å². The molecule has 0 atom stereocenters. The van der Waals surface area contributed by atoms with E-state index in [9.17, 15) is 14.4 Å². The third-order valence-corrected chi connectivity index (χ3v) is 4.89. The molecule has 2 aromatic carbocycles. The van der Waals surface area contributed by atoms with Crippen LogP contribution in [0.2, 0.25) is 5.02 Å². The molecule has 2 N–H and O–H groups in total. The molecule has 0 unspecified atom stereocenters. The minimum Gasteiger partial charge on any atom is -0.359 e. The second-order valence-electron chi connectivity index (χ2n) is 6.48. The molecule has 0 saturated heterocycles. The molecule has 3 rings (SSSR count). The first kappa shape index (κ1) is 20.5. The number of hydrogen-bond acceptors (Lipinski definition) is 4. The molecule has 150 valence electrons. The summed E-state index contributed by atoms with van der Waals surface area (Å²) in [5.74, 6) is -0.496. The largest absolute Gasteiger partial charge is 0.359 e. The maximum absolute atomic E-state index is 12.9. The van der Waals surface area contributed by atoms with E-state index >= 15 is 0 Å². The molecule has 7 nitrogen and oxygen atoms in total. The Labute approximate surface area is 172 Å². The lowest BCUT2D eigenvalue weighted by molar-refractivity contribution is -0.122. The molecule has 0 aliphatic rings. The molecule has 0 aliphatic carbocycles. The summed E-state index contributed by atoms with van der Waals surface area (Å²) in [5, 5.41) is 5.88. The summed E-state index contributed by atoms with van der Waals surface area (Å²) in [6, 6.07) is 14.3. The number of halogens is 1. The van der Waals surface area contributed by atoms with Crippen molar-refractivity contribution in [3.8, 4) is 0 Å². The van der Waals surface area contributed by atoms with Gasteiger partial charge in [0.1, 0.15) is 12.2 Å². The van der Waals surface area contributed by atoms with Crippen LogP contribution in [0, 0.1) is 0 Å². The summed E-state index contributed by atoms with van der Waals surface area (Å²) >= 11 is 6.12. The van der Waals surface area contributed by atoms with Crippen LogP contribution in [-0.2, 0) is 29.1 Å². The summed E-state index contributed by atoms with van der Waals surface area (Å²) < 4.78 is 1.39. The predicted molar refractivity (Wildman–Crippen MR) is 112 cm³/mol. The molecule has 1 heterocycles. The van der Waals surface area contributed by atoms with Crippen molar-refractivity contribution in [3.63, 3.8) is 0 Å². The minimum atomic E-state index is -0.375. The van der Waals surface area contributed by atoms with Gasteiger partial charge in [0.05, 0.1) is 11.0 Å². The SMILES string of the molecule is CNC(=O)CCc1nc2ccccc2n(CC(=O)NCc2ccccc2Cl)c1=O. The number of fused-ring (bicyclic) bond motifs is 1. The zero-order chi connectivity index (χ0) is 20.8. The van der Waals surface area contributed by atoms with E-state index in [1.165, 1.54) is 11.6 Å². The molecular weight excluding hydrogens is 392 g/mol. The minimum absolute atomic E-state index is 0.149. The maximum Gasteiger partial charge on any atom is 0.273 e. The van der Waals surface area contributed by atoms with Crippen molar-refractivity contribution in [2.45, 2.75) is 25.9 Å². The van der Waals surface area contributed by atoms with E-state index in [0.717, 1.165) is 5.56 Å². The van der Waals surface area contributed by atoms with Crippen LogP contribution in [0.1, 0.15) is 17.7 Å². The van der Waals surface area contributed by atoms with Gasteiger partial charge in [0.15, 0.2) is 0 Å². The van der Waals surface area contributed by atoms with Gasteiger partial charge in [0.2, 0.25) is 11.8 Å². The van der Waals surface area contributed by atoms with E-state index in [-0.39, 0.29) is 49.0 Å². The Kier molecular flexibility index (Phi) is 6.61. The number of carbonyl (C=O) groups is 2. The average Bonchev–Trinajstić information content (AvgIpc) is 2.73. The van der Waals surface area contributed by atoms with Crippen molar-refractivity contribution >= 4 is 34.4 Å². The van der Waals surface area contributed by atoms with Crippen LogP contribution in [0.4, 0.5) is 0 Å². The van der Waals surface area contributed by atoms with E-state index in [1.807, 2.05) is 24.3 Å². The first-order chi connectivity index (χ1) is 14.0. The number of rotatable bonds is 7. The molecule has 2 amide bonds. The summed E-state index contributed by atoms with van der Waals surface area (Å²) in [7, 11) is 1.54. The second kappa shape index (κ2) is 9.34. The number of aromatic nitrogens is 2. The molecule has 3 aromatic rings. The van der Waals surface area contributed by atoms with Crippen LogP contribution in [0.5, 0.6) is 0 Å². The molecule has 0 bridgehead atoms. The zero-order valence-electron chi connectivity index (χ0n) is 15.9. The van der Waals surface area contributed by atoms with Gasteiger partial charge in [-0.3, -0.25) is 19.0 Å². The number of carbonyl (C=O) groups excluding carboxylic acids is 2. The fraction of sp³-hybridized carbons (Fsp3) is 0.238. The lowest BCUT2D eigenvalue weighted by Crippen LogP contribution is -2.34. The first-order valence-electron chi connectivity index (χ1n) is 9.18. The highest BCUT2D eigenvalue weighted by atomic mass is 35.5. The predicted octanol–water partition coefficient (Wildman–Crippen LogP) is 2.04. The highest BCUT2D eigenvalue weighted by molar-refractivity contribution is 6.31. The number of benzene rings is 2. The van der Waals surface area contributed by atoms with Gasteiger partial charge in [0, 0.05) is 31.5 Å². The van der Waals surface area contributed by atoms with Gasteiger partial charge in [-0.2, -0.15) is 0 Å². The van der Waals surface area contributed by atoms with Gasteiger partial charge >= 0.3 is 0 Å². The summed E-state index contributed by atoms with van der Waals surface area (Å²) in [6.45, 7) is 0.110. The lowest BCUT2D eigenvalue weighted by atomic mass is 10.2. The van der Waals surface area contributed by atoms with Gasteiger partial charge < -0.3 is 10.6 Å². The molecule has 29 heavy (non-hydrogen) atoms. The van der Waals surface area contributed by atoms with E-state index in [4.69, 9.17) is 11.6 Å². The number of hydrogen-bond donors (Lipinski definition) is 2. The highest BCUT2D eigenvalue weighted by Crippen LogP contribution is 2.14. The molecule has 8 heteroatoms. The third-order valence-electron chi connectivity index (χ3n) is 4.52. The zero-order valence-corrected chi connectivity index (χ0v) is 16.7. The van der Waals surface area contributed by atoms with E-state index in [0.29, 0.717) is 16.1 Å². The number of nitrogens with one attached hydrogen (secondary N) is 2.